The molecule has 0 saturated carbocycles. The molecule has 4 rings (SSSR count). The molecule has 6 heteroatoms. The standard InChI is InChI=1S/C25H23FN2O2S/c1-3-17-10-12-18(13-11-17)24(30)27-20-7-4-6-19(14-20)25-28(23(29)15-31-25)22-9-5-8-21(26)16(22)2/h4-14,25H,3,15H2,1-2H3,(H,27,30)/t25-/m1/s1. The largest absolute Gasteiger partial charge is 0.322 e. The number of nitrogens with one attached hydrogen (secondary N) is 1. The van der Waals surface area contributed by atoms with Crippen LogP contribution in [0.15, 0.2) is 66.7 Å². The molecule has 0 radical (unpaired) electrons. The van der Waals surface area contributed by atoms with Gasteiger partial charge in [0, 0.05) is 16.8 Å². The lowest BCUT2D eigenvalue weighted by molar-refractivity contribution is -0.115. The summed E-state index contributed by atoms with van der Waals surface area (Å²) >= 11 is 1.49. The number of hydrogen-bond donors (Lipinski definition) is 1. The van der Waals surface area contributed by atoms with Crippen molar-refractivity contribution in [2.75, 3.05) is 16.0 Å². The van der Waals surface area contributed by atoms with Crippen molar-refractivity contribution < 1.29 is 14.0 Å². The Hall–Kier alpha value is -3.12. The fraction of sp³-hybridized carbons (Fsp3) is 0.200. The SMILES string of the molecule is CCc1ccc(C(=O)Nc2cccc([C@H]3SCC(=O)N3c3cccc(F)c3C)c2)cc1. The van der Waals surface area contributed by atoms with Gasteiger partial charge >= 0.3 is 0 Å². The van der Waals surface area contributed by atoms with Crippen LogP contribution in [-0.4, -0.2) is 17.6 Å². The van der Waals surface area contributed by atoms with E-state index in [9.17, 15) is 14.0 Å². The first-order chi connectivity index (χ1) is 15.0. The van der Waals surface area contributed by atoms with E-state index in [2.05, 4.69) is 12.2 Å². The number of nitrogens with zero attached hydrogens (tertiary/aromatic N) is 1. The van der Waals surface area contributed by atoms with E-state index in [1.807, 2.05) is 48.5 Å². The van der Waals surface area contributed by atoms with Crippen LogP contribution in [0.2, 0.25) is 0 Å². The summed E-state index contributed by atoms with van der Waals surface area (Å²) in [6.07, 6.45) is 0.920. The topological polar surface area (TPSA) is 49.4 Å². The summed E-state index contributed by atoms with van der Waals surface area (Å²) < 4.78 is 14.1. The zero-order chi connectivity index (χ0) is 22.0. The molecular weight excluding hydrogens is 411 g/mol. The van der Waals surface area contributed by atoms with Crippen molar-refractivity contribution in [3.63, 3.8) is 0 Å². The third kappa shape index (κ3) is 4.35. The molecule has 1 fully saturated rings. The summed E-state index contributed by atoms with van der Waals surface area (Å²) in [5.74, 6) is -0.265. The van der Waals surface area contributed by atoms with Crippen LogP contribution in [-0.2, 0) is 11.2 Å². The molecule has 2 amide bonds. The Balaban J connectivity index is 1.58. The lowest BCUT2D eigenvalue weighted by Crippen LogP contribution is -2.28. The van der Waals surface area contributed by atoms with Gasteiger partial charge in [-0.2, -0.15) is 0 Å². The van der Waals surface area contributed by atoms with E-state index in [0.29, 0.717) is 28.3 Å². The van der Waals surface area contributed by atoms with Crippen molar-refractivity contribution >= 4 is 35.0 Å². The summed E-state index contributed by atoms with van der Waals surface area (Å²) in [5.41, 5.74) is 4.31. The summed E-state index contributed by atoms with van der Waals surface area (Å²) in [6.45, 7) is 3.75. The maximum atomic E-state index is 14.1. The van der Waals surface area contributed by atoms with Gasteiger partial charge in [0.1, 0.15) is 11.2 Å². The average molecular weight is 435 g/mol. The highest BCUT2D eigenvalue weighted by Crippen LogP contribution is 2.43. The first-order valence-corrected chi connectivity index (χ1v) is 11.2. The first kappa shape index (κ1) is 21.1. The molecule has 31 heavy (non-hydrogen) atoms. The van der Waals surface area contributed by atoms with E-state index in [4.69, 9.17) is 0 Å². The van der Waals surface area contributed by atoms with Crippen LogP contribution in [0.4, 0.5) is 15.8 Å². The van der Waals surface area contributed by atoms with Crippen molar-refractivity contribution in [2.24, 2.45) is 0 Å². The highest BCUT2D eigenvalue weighted by atomic mass is 32.2. The van der Waals surface area contributed by atoms with Gasteiger partial charge in [-0.3, -0.25) is 14.5 Å². The summed E-state index contributed by atoms with van der Waals surface area (Å²) in [4.78, 5) is 26.9. The lowest BCUT2D eigenvalue weighted by Gasteiger charge is -2.26. The molecule has 0 bridgehead atoms. The fourth-order valence-electron chi connectivity index (χ4n) is 3.65. The smallest absolute Gasteiger partial charge is 0.255 e. The molecule has 0 spiro atoms. The predicted molar refractivity (Wildman–Crippen MR) is 124 cm³/mol. The van der Waals surface area contributed by atoms with Crippen LogP contribution >= 0.6 is 11.8 Å². The minimum atomic E-state index is -0.337. The Morgan fingerprint density at radius 1 is 1.13 bits per heavy atom. The number of aryl methyl sites for hydroxylation is 1. The Kier molecular flexibility index (Phi) is 6.09. The normalized spacial score (nSPS) is 15.9. The Labute approximate surface area is 185 Å². The molecule has 0 unspecified atom stereocenters. The number of benzene rings is 3. The van der Waals surface area contributed by atoms with Crippen molar-refractivity contribution in [3.05, 3.63) is 94.8 Å². The maximum absolute atomic E-state index is 14.1. The predicted octanol–water partition coefficient (Wildman–Crippen LogP) is 5.73. The molecule has 4 nitrogen and oxygen atoms in total. The lowest BCUT2D eigenvalue weighted by atomic mass is 10.1. The number of anilines is 2. The molecule has 1 N–H and O–H groups in total. The van der Waals surface area contributed by atoms with Crippen LogP contribution in [0.1, 0.15) is 39.3 Å². The van der Waals surface area contributed by atoms with Gasteiger partial charge in [-0.25, -0.2) is 4.39 Å². The summed E-state index contributed by atoms with van der Waals surface area (Å²) in [5, 5.41) is 2.65. The zero-order valence-electron chi connectivity index (χ0n) is 17.4. The molecular formula is C25H23FN2O2S. The van der Waals surface area contributed by atoms with Gasteiger partial charge in [0.2, 0.25) is 5.91 Å². The van der Waals surface area contributed by atoms with E-state index < -0.39 is 0 Å². The molecule has 1 atom stereocenters. The second kappa shape index (κ2) is 8.94. The number of rotatable bonds is 5. The van der Waals surface area contributed by atoms with Gasteiger partial charge in [-0.05, 0) is 60.9 Å². The number of carbonyl (C=O) groups excluding carboxylic acids is 2. The first-order valence-electron chi connectivity index (χ1n) is 10.2. The second-order valence-corrected chi connectivity index (χ2v) is 8.51. The molecule has 1 aliphatic heterocycles. The number of carbonyl (C=O) groups is 2. The van der Waals surface area contributed by atoms with E-state index in [-0.39, 0.29) is 23.0 Å². The van der Waals surface area contributed by atoms with Gasteiger partial charge in [-0.1, -0.05) is 37.3 Å². The molecule has 3 aromatic carbocycles. The fourth-order valence-corrected chi connectivity index (χ4v) is 4.81. The summed E-state index contributed by atoms with van der Waals surface area (Å²) in [6, 6.07) is 19.8. The molecule has 0 aliphatic carbocycles. The van der Waals surface area contributed by atoms with Gasteiger partial charge in [0.05, 0.1) is 11.4 Å². The van der Waals surface area contributed by atoms with Gasteiger partial charge < -0.3 is 5.32 Å². The summed E-state index contributed by atoms with van der Waals surface area (Å²) in [7, 11) is 0. The molecule has 1 saturated heterocycles. The third-order valence-electron chi connectivity index (χ3n) is 5.42. The molecule has 1 heterocycles. The van der Waals surface area contributed by atoms with Crippen LogP contribution in [0.3, 0.4) is 0 Å². The monoisotopic (exact) mass is 434 g/mol. The molecule has 3 aromatic rings. The minimum absolute atomic E-state index is 0.0610. The molecule has 1 aliphatic rings. The molecule has 0 aromatic heterocycles. The van der Waals surface area contributed by atoms with E-state index in [0.717, 1.165) is 12.0 Å². The van der Waals surface area contributed by atoms with Crippen LogP contribution in [0.25, 0.3) is 0 Å². The maximum Gasteiger partial charge on any atom is 0.255 e. The van der Waals surface area contributed by atoms with Crippen molar-refractivity contribution in [2.45, 2.75) is 25.6 Å². The third-order valence-corrected chi connectivity index (χ3v) is 6.63. The molecule has 158 valence electrons. The van der Waals surface area contributed by atoms with Crippen LogP contribution < -0.4 is 10.2 Å². The van der Waals surface area contributed by atoms with Crippen LogP contribution in [0.5, 0.6) is 0 Å². The number of amides is 2. The number of halogens is 1. The van der Waals surface area contributed by atoms with Crippen molar-refractivity contribution in [3.8, 4) is 0 Å². The van der Waals surface area contributed by atoms with Gasteiger partial charge in [0.25, 0.3) is 5.91 Å². The van der Waals surface area contributed by atoms with Crippen molar-refractivity contribution in [1.82, 2.24) is 0 Å². The van der Waals surface area contributed by atoms with Gasteiger partial charge in [-0.15, -0.1) is 11.8 Å². The van der Waals surface area contributed by atoms with E-state index in [1.54, 1.807) is 24.0 Å². The number of thioether (sulfide) groups is 1. The Morgan fingerprint density at radius 3 is 2.61 bits per heavy atom. The average Bonchev–Trinajstić information content (AvgIpc) is 3.17. The Morgan fingerprint density at radius 2 is 1.87 bits per heavy atom. The second-order valence-electron chi connectivity index (χ2n) is 7.44. The highest BCUT2D eigenvalue weighted by Gasteiger charge is 2.35. The van der Waals surface area contributed by atoms with Crippen molar-refractivity contribution in [1.29, 1.82) is 0 Å². The quantitative estimate of drug-likeness (QED) is 0.558. The van der Waals surface area contributed by atoms with Gasteiger partial charge in [0.15, 0.2) is 0 Å². The highest BCUT2D eigenvalue weighted by molar-refractivity contribution is 8.00. The minimum Gasteiger partial charge on any atom is -0.322 e. The number of hydrogen-bond acceptors (Lipinski definition) is 3. The zero-order valence-corrected chi connectivity index (χ0v) is 18.2. The van der Waals surface area contributed by atoms with E-state index >= 15 is 0 Å². The van der Waals surface area contributed by atoms with E-state index in [1.165, 1.54) is 23.4 Å². The Bertz CT molecular complexity index is 1130. The van der Waals surface area contributed by atoms with Crippen LogP contribution in [0, 0.1) is 12.7 Å².